The zero-order chi connectivity index (χ0) is 17.5. The Balaban J connectivity index is 2.57. The number of hydrogen-bond acceptors (Lipinski definition) is 4. The maximum absolute atomic E-state index is 11.4. The molecule has 1 aliphatic rings. The van der Waals surface area contributed by atoms with E-state index in [2.05, 4.69) is 0 Å². The van der Waals surface area contributed by atoms with Crippen LogP contribution >= 0.6 is 0 Å². The third-order valence-electron chi connectivity index (χ3n) is 4.83. The monoisotopic (exact) mass is 322 g/mol. The number of carbonyl (C=O) groups is 2. The zero-order valence-electron chi connectivity index (χ0n) is 14.0. The van der Waals surface area contributed by atoms with Crippen molar-refractivity contribution in [2.45, 2.75) is 46.1 Å². The molecule has 0 aliphatic carbocycles. The fraction of sp³-hybridized carbons (Fsp3) is 0.529. The second-order valence-corrected chi connectivity index (χ2v) is 6.24. The van der Waals surface area contributed by atoms with Crippen molar-refractivity contribution in [2.24, 2.45) is 5.92 Å². The molecule has 1 aromatic rings. The summed E-state index contributed by atoms with van der Waals surface area (Å²) in [5, 5.41) is 18.6. The third kappa shape index (κ3) is 2.62. The molecule has 23 heavy (non-hydrogen) atoms. The quantitative estimate of drug-likeness (QED) is 0.827. The molecule has 2 rings (SSSR count). The number of fused-ring (bicyclic) bond motifs is 1. The fourth-order valence-corrected chi connectivity index (χ4v) is 3.39. The Bertz CT molecular complexity index is 664. The van der Waals surface area contributed by atoms with Crippen molar-refractivity contribution < 1.29 is 29.3 Å². The van der Waals surface area contributed by atoms with E-state index in [1.807, 2.05) is 20.8 Å². The topological polar surface area (TPSA) is 93.1 Å². The van der Waals surface area contributed by atoms with Gasteiger partial charge in [-0.15, -0.1) is 0 Å². The minimum Gasteiger partial charge on any atom is -0.496 e. The first-order chi connectivity index (χ1) is 10.6. The highest BCUT2D eigenvalue weighted by molar-refractivity contribution is 5.94. The minimum atomic E-state index is -1.61. The van der Waals surface area contributed by atoms with Crippen LogP contribution in [-0.4, -0.2) is 34.9 Å². The second kappa shape index (κ2) is 5.76. The van der Waals surface area contributed by atoms with Gasteiger partial charge in [0, 0.05) is 5.56 Å². The predicted molar refractivity (Wildman–Crippen MR) is 83.3 cm³/mol. The van der Waals surface area contributed by atoms with Gasteiger partial charge in [0.1, 0.15) is 17.1 Å². The maximum atomic E-state index is 11.4. The molecule has 0 saturated heterocycles. The van der Waals surface area contributed by atoms with Crippen LogP contribution in [0.25, 0.3) is 0 Å². The predicted octanol–water partition coefficient (Wildman–Crippen LogP) is 2.49. The number of benzene rings is 1. The van der Waals surface area contributed by atoms with Crippen molar-refractivity contribution in [1.29, 1.82) is 0 Å². The number of carboxylic acid groups (broad SMARTS) is 2. The van der Waals surface area contributed by atoms with E-state index in [1.165, 1.54) is 0 Å². The van der Waals surface area contributed by atoms with E-state index in [0.29, 0.717) is 18.6 Å². The third-order valence-corrected chi connectivity index (χ3v) is 4.83. The Kier molecular flexibility index (Phi) is 4.28. The highest BCUT2D eigenvalue weighted by Gasteiger charge is 2.49. The molecule has 0 amide bonds. The lowest BCUT2D eigenvalue weighted by molar-refractivity contribution is -0.165. The van der Waals surface area contributed by atoms with Crippen molar-refractivity contribution in [1.82, 2.24) is 0 Å². The molecule has 0 bridgehead atoms. The van der Waals surface area contributed by atoms with Gasteiger partial charge in [0.25, 0.3) is 0 Å². The van der Waals surface area contributed by atoms with Crippen LogP contribution in [0.4, 0.5) is 0 Å². The van der Waals surface area contributed by atoms with E-state index >= 15 is 0 Å². The first-order valence-electron chi connectivity index (χ1n) is 7.45. The van der Waals surface area contributed by atoms with E-state index < -0.39 is 23.5 Å². The van der Waals surface area contributed by atoms with Gasteiger partial charge in [-0.05, 0) is 57.2 Å². The van der Waals surface area contributed by atoms with E-state index in [-0.39, 0.29) is 0 Å². The van der Waals surface area contributed by atoms with E-state index in [0.717, 1.165) is 28.0 Å². The Morgan fingerprint density at radius 3 is 2.17 bits per heavy atom. The number of methoxy groups -OCH3 is 1. The lowest BCUT2D eigenvalue weighted by Crippen LogP contribution is -2.51. The van der Waals surface area contributed by atoms with Gasteiger partial charge < -0.3 is 19.7 Å². The molecule has 6 heteroatoms. The first kappa shape index (κ1) is 17.1. The summed E-state index contributed by atoms with van der Waals surface area (Å²) in [6.07, 6.45) is 0.863. The van der Waals surface area contributed by atoms with Gasteiger partial charge in [-0.25, -0.2) is 0 Å². The summed E-state index contributed by atoms with van der Waals surface area (Å²) in [5.41, 5.74) is 2.38. The fourth-order valence-electron chi connectivity index (χ4n) is 3.39. The van der Waals surface area contributed by atoms with Crippen LogP contribution in [0.1, 0.15) is 35.6 Å². The highest BCUT2D eigenvalue weighted by Crippen LogP contribution is 2.45. The first-order valence-corrected chi connectivity index (χ1v) is 7.45. The van der Waals surface area contributed by atoms with Crippen LogP contribution in [-0.2, 0) is 16.0 Å². The number of carboxylic acids is 2. The molecule has 1 heterocycles. The molecule has 0 radical (unpaired) electrons. The second-order valence-electron chi connectivity index (χ2n) is 6.24. The maximum Gasteiger partial charge on any atom is 0.322 e. The van der Waals surface area contributed by atoms with E-state index in [4.69, 9.17) is 9.47 Å². The summed E-state index contributed by atoms with van der Waals surface area (Å²) < 4.78 is 11.4. The summed E-state index contributed by atoms with van der Waals surface area (Å²) in [7, 11) is 1.61. The summed E-state index contributed by atoms with van der Waals surface area (Å²) in [4.78, 5) is 22.8. The van der Waals surface area contributed by atoms with Crippen molar-refractivity contribution in [3.8, 4) is 11.5 Å². The smallest absolute Gasteiger partial charge is 0.322 e. The molecule has 0 aromatic heterocycles. The Morgan fingerprint density at radius 2 is 1.70 bits per heavy atom. The van der Waals surface area contributed by atoms with Crippen molar-refractivity contribution in [3.05, 3.63) is 22.3 Å². The molecule has 0 fully saturated rings. The number of aliphatic carboxylic acids is 2. The SMILES string of the molecule is COc1c(C)c(C)c2c(c1C)CCC(C)(C(C(=O)O)C(=O)O)O2. The standard InChI is InChI=1S/C17H22O6/c1-8-9(2)14-11(10(3)13(8)22-5)6-7-17(4,23-14)12(15(18)19)16(20)21/h12H,6-7H2,1-5H3,(H,18,19)(H,20,21). The number of ether oxygens (including phenoxy) is 2. The lowest BCUT2D eigenvalue weighted by Gasteiger charge is -2.40. The van der Waals surface area contributed by atoms with E-state index in [9.17, 15) is 19.8 Å². The number of rotatable bonds is 4. The summed E-state index contributed by atoms with van der Waals surface area (Å²) in [6.45, 7) is 7.26. The molecule has 1 aliphatic heterocycles. The Labute approximate surface area is 135 Å². The molecule has 1 aromatic carbocycles. The van der Waals surface area contributed by atoms with Crippen LogP contribution < -0.4 is 9.47 Å². The molecule has 1 atom stereocenters. The lowest BCUT2D eigenvalue weighted by atomic mass is 9.80. The molecule has 1 unspecified atom stereocenters. The Morgan fingerprint density at radius 1 is 1.13 bits per heavy atom. The Hall–Kier alpha value is -2.24. The van der Waals surface area contributed by atoms with E-state index in [1.54, 1.807) is 14.0 Å². The van der Waals surface area contributed by atoms with Gasteiger partial charge in [-0.3, -0.25) is 9.59 Å². The van der Waals surface area contributed by atoms with Gasteiger partial charge >= 0.3 is 11.9 Å². The van der Waals surface area contributed by atoms with Crippen LogP contribution in [0, 0.1) is 26.7 Å². The van der Waals surface area contributed by atoms with Crippen LogP contribution in [0.5, 0.6) is 11.5 Å². The summed E-state index contributed by atoms with van der Waals surface area (Å²) in [5.74, 6) is -3.01. The highest BCUT2D eigenvalue weighted by atomic mass is 16.5. The van der Waals surface area contributed by atoms with Crippen LogP contribution in [0.3, 0.4) is 0 Å². The molecule has 0 spiro atoms. The molecular weight excluding hydrogens is 300 g/mol. The summed E-state index contributed by atoms with van der Waals surface area (Å²) in [6, 6.07) is 0. The van der Waals surface area contributed by atoms with Gasteiger partial charge in [0.05, 0.1) is 7.11 Å². The van der Waals surface area contributed by atoms with Gasteiger partial charge in [0.15, 0.2) is 5.92 Å². The minimum absolute atomic E-state index is 0.315. The molecule has 6 nitrogen and oxygen atoms in total. The molecule has 126 valence electrons. The van der Waals surface area contributed by atoms with Crippen molar-refractivity contribution in [3.63, 3.8) is 0 Å². The van der Waals surface area contributed by atoms with Gasteiger partial charge in [-0.1, -0.05) is 0 Å². The molecule has 0 saturated carbocycles. The average molecular weight is 322 g/mol. The average Bonchev–Trinajstić information content (AvgIpc) is 2.44. The molecule has 2 N–H and O–H groups in total. The normalized spacial score (nSPS) is 19.9. The van der Waals surface area contributed by atoms with Crippen LogP contribution in [0.2, 0.25) is 0 Å². The zero-order valence-corrected chi connectivity index (χ0v) is 14.0. The molecular formula is C17H22O6. The van der Waals surface area contributed by atoms with Crippen molar-refractivity contribution >= 4 is 11.9 Å². The largest absolute Gasteiger partial charge is 0.496 e. The van der Waals surface area contributed by atoms with Crippen LogP contribution in [0.15, 0.2) is 0 Å². The van der Waals surface area contributed by atoms with Gasteiger partial charge in [-0.2, -0.15) is 0 Å². The summed E-state index contributed by atoms with van der Waals surface area (Å²) >= 11 is 0. The van der Waals surface area contributed by atoms with Gasteiger partial charge in [0.2, 0.25) is 0 Å². The number of hydrogen-bond donors (Lipinski definition) is 2. The van der Waals surface area contributed by atoms with Crippen molar-refractivity contribution in [2.75, 3.05) is 7.11 Å².